The molecule has 0 unspecified atom stereocenters. The van der Waals surface area contributed by atoms with Gasteiger partial charge < -0.3 is 15.3 Å². The summed E-state index contributed by atoms with van der Waals surface area (Å²) in [6.45, 7) is 4.87. The molecule has 1 amide bonds. The second-order valence-corrected chi connectivity index (χ2v) is 12.8. The molecule has 1 aliphatic rings. The normalized spacial score (nSPS) is 14.6. The molecular weight excluding hydrogens is 641 g/mol. The molecule has 0 bridgehead atoms. The lowest BCUT2D eigenvalue weighted by atomic mass is 10.1. The van der Waals surface area contributed by atoms with E-state index in [1.807, 2.05) is 24.3 Å². The highest BCUT2D eigenvalue weighted by Crippen LogP contribution is 2.19. The van der Waals surface area contributed by atoms with Gasteiger partial charge in [0.25, 0.3) is 16.1 Å². The van der Waals surface area contributed by atoms with Gasteiger partial charge in [0.1, 0.15) is 17.6 Å². The molecule has 226 valence electrons. The van der Waals surface area contributed by atoms with Crippen molar-refractivity contribution in [2.75, 3.05) is 31.1 Å². The number of halogens is 2. The molecule has 3 N–H and O–H groups in total. The predicted molar refractivity (Wildman–Crippen MR) is 164 cm³/mol. The summed E-state index contributed by atoms with van der Waals surface area (Å²) in [5.74, 6) is 3.77. The SMILES string of the molecule is CC(C)[C@@H](NS(=O)(=O)N1CCN(c2ccc(C#Cc3ccnc(C(=O)NCc4ccc(F)c(Br)c4)c3)cc2)CC1)C(=O)O. The van der Waals surface area contributed by atoms with Crippen LogP contribution in [-0.4, -0.2) is 66.9 Å². The van der Waals surface area contributed by atoms with E-state index in [0.717, 1.165) is 16.8 Å². The molecule has 0 spiro atoms. The summed E-state index contributed by atoms with van der Waals surface area (Å²) in [5, 5.41) is 12.1. The van der Waals surface area contributed by atoms with E-state index in [1.165, 1.54) is 16.6 Å². The van der Waals surface area contributed by atoms with Crippen LogP contribution in [0.3, 0.4) is 0 Å². The summed E-state index contributed by atoms with van der Waals surface area (Å²) in [4.78, 5) is 30.2. The average Bonchev–Trinajstić information content (AvgIpc) is 2.99. The molecule has 0 aliphatic carbocycles. The van der Waals surface area contributed by atoms with Crippen LogP contribution in [0.25, 0.3) is 0 Å². The van der Waals surface area contributed by atoms with E-state index >= 15 is 0 Å². The molecule has 0 saturated carbocycles. The number of hydrogen-bond donors (Lipinski definition) is 3. The number of hydrogen-bond acceptors (Lipinski definition) is 6. The minimum Gasteiger partial charge on any atom is -0.480 e. The van der Waals surface area contributed by atoms with Gasteiger partial charge in [-0.05, 0) is 75.9 Å². The van der Waals surface area contributed by atoms with Crippen LogP contribution in [0, 0.1) is 23.6 Å². The zero-order chi connectivity index (χ0) is 31.1. The number of anilines is 1. The number of pyridine rings is 1. The fourth-order valence-electron chi connectivity index (χ4n) is 4.35. The number of rotatable bonds is 9. The molecule has 43 heavy (non-hydrogen) atoms. The number of benzene rings is 2. The van der Waals surface area contributed by atoms with E-state index in [4.69, 9.17) is 0 Å². The van der Waals surface area contributed by atoms with Gasteiger partial charge >= 0.3 is 5.97 Å². The lowest BCUT2D eigenvalue weighted by Crippen LogP contribution is -2.55. The number of carboxylic acids is 1. The van der Waals surface area contributed by atoms with Crippen LogP contribution in [0.4, 0.5) is 10.1 Å². The van der Waals surface area contributed by atoms with Crippen molar-refractivity contribution in [2.45, 2.75) is 26.4 Å². The Morgan fingerprint density at radius 3 is 2.33 bits per heavy atom. The first-order chi connectivity index (χ1) is 20.4. The van der Waals surface area contributed by atoms with Gasteiger partial charge in [0.15, 0.2) is 0 Å². The van der Waals surface area contributed by atoms with Crippen LogP contribution in [0.5, 0.6) is 0 Å². The van der Waals surface area contributed by atoms with Crippen LogP contribution in [-0.2, 0) is 21.5 Å². The van der Waals surface area contributed by atoms with Crippen molar-refractivity contribution < 1.29 is 27.5 Å². The monoisotopic (exact) mass is 671 g/mol. The first-order valence-electron chi connectivity index (χ1n) is 13.5. The number of carbonyl (C=O) groups is 2. The minimum atomic E-state index is -3.93. The second kappa shape index (κ2) is 14.1. The van der Waals surface area contributed by atoms with Gasteiger partial charge in [0, 0.05) is 55.7 Å². The second-order valence-electron chi connectivity index (χ2n) is 10.2. The maximum absolute atomic E-state index is 13.4. The number of piperazine rings is 1. The Labute approximate surface area is 258 Å². The first-order valence-corrected chi connectivity index (χ1v) is 15.7. The van der Waals surface area contributed by atoms with E-state index in [1.54, 1.807) is 38.1 Å². The largest absolute Gasteiger partial charge is 0.480 e. The summed E-state index contributed by atoms with van der Waals surface area (Å²) in [5.41, 5.74) is 3.23. The third-order valence-corrected chi connectivity index (χ3v) is 9.00. The molecule has 2 heterocycles. The van der Waals surface area contributed by atoms with Gasteiger partial charge in [-0.3, -0.25) is 14.6 Å². The highest BCUT2D eigenvalue weighted by Gasteiger charge is 2.33. The predicted octanol–water partition coefficient (Wildman–Crippen LogP) is 3.38. The number of carboxylic acid groups (broad SMARTS) is 1. The number of amides is 1. The quantitative estimate of drug-likeness (QED) is 0.297. The third kappa shape index (κ3) is 8.61. The van der Waals surface area contributed by atoms with Crippen molar-refractivity contribution in [3.63, 3.8) is 0 Å². The molecular formula is C30H31BrFN5O5S. The molecule has 3 aromatic rings. The van der Waals surface area contributed by atoms with E-state index in [-0.39, 0.29) is 37.1 Å². The Morgan fingerprint density at radius 2 is 1.70 bits per heavy atom. The maximum atomic E-state index is 13.4. The number of aromatic nitrogens is 1. The third-order valence-electron chi connectivity index (χ3n) is 6.80. The van der Waals surface area contributed by atoms with Crippen molar-refractivity contribution in [3.05, 3.63) is 93.5 Å². The van der Waals surface area contributed by atoms with Crippen LogP contribution in [0.2, 0.25) is 0 Å². The smallest absolute Gasteiger partial charge is 0.322 e. The highest BCUT2D eigenvalue weighted by atomic mass is 79.9. The van der Waals surface area contributed by atoms with Gasteiger partial charge in [-0.25, -0.2) is 4.39 Å². The van der Waals surface area contributed by atoms with Crippen LogP contribution >= 0.6 is 15.9 Å². The number of carbonyl (C=O) groups excluding carboxylic acids is 1. The summed E-state index contributed by atoms with van der Waals surface area (Å²) >= 11 is 3.13. The fraction of sp³-hybridized carbons (Fsp3) is 0.300. The van der Waals surface area contributed by atoms with Crippen molar-refractivity contribution >= 4 is 43.7 Å². The summed E-state index contributed by atoms with van der Waals surface area (Å²) in [6, 6.07) is 14.2. The van der Waals surface area contributed by atoms with Crippen molar-refractivity contribution in [1.29, 1.82) is 0 Å². The Kier molecular flexibility index (Phi) is 10.5. The Bertz CT molecular complexity index is 1650. The van der Waals surface area contributed by atoms with Gasteiger partial charge in [-0.2, -0.15) is 17.4 Å². The molecule has 1 fully saturated rings. The summed E-state index contributed by atoms with van der Waals surface area (Å²) < 4.78 is 42.8. The van der Waals surface area contributed by atoms with Gasteiger partial charge in [-0.15, -0.1) is 0 Å². The topological polar surface area (TPSA) is 132 Å². The highest BCUT2D eigenvalue weighted by molar-refractivity contribution is 9.10. The molecule has 1 aromatic heterocycles. The van der Waals surface area contributed by atoms with Crippen molar-refractivity contribution in [1.82, 2.24) is 19.3 Å². The van der Waals surface area contributed by atoms with Crippen molar-refractivity contribution in [2.24, 2.45) is 5.92 Å². The standard InChI is InChI=1S/C30H31BrFN5O5S/c1-20(2)28(30(39)40)35-43(41,42)37-15-13-36(14-16-37)24-8-5-21(6-9-24)3-4-22-11-12-33-27(18-22)29(38)34-19-23-7-10-26(32)25(31)17-23/h5-12,17-18,20,28,35H,13-16,19H2,1-2H3,(H,34,38)(H,39,40)/t28-/m1/s1. The van der Waals surface area contributed by atoms with Gasteiger partial charge in [0.2, 0.25) is 0 Å². The number of nitrogens with one attached hydrogen (secondary N) is 2. The number of nitrogens with zero attached hydrogens (tertiary/aromatic N) is 3. The Hall–Kier alpha value is -3.83. The zero-order valence-electron chi connectivity index (χ0n) is 23.5. The Balaban J connectivity index is 1.32. The number of aliphatic carboxylic acids is 1. The first kappa shape index (κ1) is 32.1. The molecule has 1 saturated heterocycles. The maximum Gasteiger partial charge on any atom is 0.322 e. The van der Waals surface area contributed by atoms with E-state index in [9.17, 15) is 27.5 Å². The molecule has 4 rings (SSSR count). The van der Waals surface area contributed by atoms with Gasteiger partial charge in [0.05, 0.1) is 4.47 Å². The van der Waals surface area contributed by atoms with E-state index in [0.29, 0.717) is 23.1 Å². The molecule has 13 heteroatoms. The summed E-state index contributed by atoms with van der Waals surface area (Å²) in [7, 11) is -3.93. The average molecular weight is 673 g/mol. The molecule has 2 aromatic carbocycles. The molecule has 1 atom stereocenters. The summed E-state index contributed by atoms with van der Waals surface area (Å²) in [6.07, 6.45) is 1.51. The fourth-order valence-corrected chi connectivity index (χ4v) is 6.26. The zero-order valence-corrected chi connectivity index (χ0v) is 26.0. The lowest BCUT2D eigenvalue weighted by molar-refractivity contribution is -0.140. The molecule has 0 radical (unpaired) electrons. The van der Waals surface area contributed by atoms with Crippen LogP contribution in [0.1, 0.15) is 41.0 Å². The minimum absolute atomic E-state index is 0.211. The van der Waals surface area contributed by atoms with Gasteiger partial charge in [-0.1, -0.05) is 31.8 Å². The Morgan fingerprint density at radius 1 is 1.02 bits per heavy atom. The lowest BCUT2D eigenvalue weighted by Gasteiger charge is -2.36. The molecule has 1 aliphatic heterocycles. The van der Waals surface area contributed by atoms with E-state index in [2.05, 4.69) is 47.7 Å². The van der Waals surface area contributed by atoms with E-state index < -0.39 is 28.1 Å². The van der Waals surface area contributed by atoms with Crippen LogP contribution < -0.4 is 14.9 Å². The van der Waals surface area contributed by atoms with Crippen molar-refractivity contribution in [3.8, 4) is 11.8 Å². The van der Waals surface area contributed by atoms with Crippen LogP contribution in [0.15, 0.2) is 65.3 Å². The molecule has 10 nitrogen and oxygen atoms in total.